The monoisotopic (exact) mass is 453 g/mol. The number of likely N-dealkylation sites (tertiary alicyclic amines) is 1. The molecule has 0 unspecified atom stereocenters. The summed E-state index contributed by atoms with van der Waals surface area (Å²) in [6.45, 7) is -1.22. The fraction of sp³-hybridized carbons (Fsp3) is 0.304. The lowest BCUT2D eigenvalue weighted by molar-refractivity contribution is -0.130. The zero-order chi connectivity index (χ0) is 22.9. The largest absolute Gasteiger partial charge is 0.435 e. The second kappa shape index (κ2) is 8.61. The molecule has 0 aliphatic carbocycles. The van der Waals surface area contributed by atoms with Crippen LogP contribution in [0.15, 0.2) is 54.2 Å². The summed E-state index contributed by atoms with van der Waals surface area (Å²) >= 11 is 0. The van der Waals surface area contributed by atoms with Crippen molar-refractivity contribution in [3.63, 3.8) is 0 Å². The summed E-state index contributed by atoms with van der Waals surface area (Å²) in [6, 6.07) is 11.5. The van der Waals surface area contributed by atoms with Crippen LogP contribution in [0.1, 0.15) is 22.3 Å². The highest BCUT2D eigenvalue weighted by Crippen LogP contribution is 2.31. The van der Waals surface area contributed by atoms with E-state index in [-0.39, 0.29) is 23.5 Å². The minimum atomic E-state index is -2.86. The van der Waals surface area contributed by atoms with E-state index in [0.29, 0.717) is 49.1 Å². The van der Waals surface area contributed by atoms with Gasteiger partial charge in [0.05, 0.1) is 0 Å². The van der Waals surface area contributed by atoms with E-state index >= 15 is 0 Å². The Morgan fingerprint density at radius 2 is 1.88 bits per heavy atom. The van der Waals surface area contributed by atoms with Crippen LogP contribution in [0.5, 0.6) is 5.75 Å². The molecule has 10 heteroatoms. The van der Waals surface area contributed by atoms with Crippen LogP contribution < -0.4 is 4.74 Å². The molecular formula is C23H21F2N5O3. The van der Waals surface area contributed by atoms with Gasteiger partial charge in [0.15, 0.2) is 0 Å². The molecule has 1 saturated heterocycles. The molecule has 5 rings (SSSR count). The minimum absolute atomic E-state index is 0.0348. The predicted molar refractivity (Wildman–Crippen MR) is 114 cm³/mol. The molecule has 170 valence electrons. The normalized spacial score (nSPS) is 17.5. The number of rotatable bonds is 6. The van der Waals surface area contributed by atoms with Gasteiger partial charge in [0.1, 0.15) is 16.8 Å². The SMILES string of the molecule is O=C(c1ccc2n[nH]nc2c1)N1C=C2CN(C(=O)CCc3ccc(OC(F)F)cc3)C[C@@H]2C1. The van der Waals surface area contributed by atoms with Gasteiger partial charge >= 0.3 is 6.61 Å². The van der Waals surface area contributed by atoms with Crippen LogP contribution in [0.25, 0.3) is 11.0 Å². The number of aromatic nitrogens is 3. The Hall–Kier alpha value is -3.82. The number of hydrogen-bond donors (Lipinski definition) is 1. The maximum Gasteiger partial charge on any atom is 0.387 e. The first-order chi connectivity index (χ1) is 16.0. The molecule has 2 amide bonds. The van der Waals surface area contributed by atoms with Crippen molar-refractivity contribution in [1.29, 1.82) is 0 Å². The van der Waals surface area contributed by atoms with Gasteiger partial charge in [-0.15, -0.1) is 0 Å². The molecule has 3 heterocycles. The number of amides is 2. The molecule has 3 aromatic rings. The van der Waals surface area contributed by atoms with Crippen LogP contribution in [0, 0.1) is 5.92 Å². The Labute approximate surface area is 187 Å². The number of fused-ring (bicyclic) bond motifs is 2. The van der Waals surface area contributed by atoms with Crippen molar-refractivity contribution in [2.45, 2.75) is 19.5 Å². The molecule has 1 aromatic heterocycles. The topological polar surface area (TPSA) is 91.4 Å². The minimum Gasteiger partial charge on any atom is -0.435 e. The number of nitrogens with zero attached hydrogens (tertiary/aromatic N) is 4. The highest BCUT2D eigenvalue weighted by Gasteiger charge is 2.37. The first kappa shape index (κ1) is 21.0. The van der Waals surface area contributed by atoms with Gasteiger partial charge in [-0.05, 0) is 47.9 Å². The third-order valence-electron chi connectivity index (χ3n) is 6.03. The maximum absolute atomic E-state index is 12.9. The zero-order valence-corrected chi connectivity index (χ0v) is 17.6. The van der Waals surface area contributed by atoms with Crippen molar-refractivity contribution in [1.82, 2.24) is 25.2 Å². The summed E-state index contributed by atoms with van der Waals surface area (Å²) in [5.41, 5.74) is 3.85. The molecule has 2 aromatic carbocycles. The maximum atomic E-state index is 12.9. The fourth-order valence-electron chi connectivity index (χ4n) is 4.33. The molecule has 0 bridgehead atoms. The van der Waals surface area contributed by atoms with Crippen molar-refractivity contribution >= 4 is 22.8 Å². The van der Waals surface area contributed by atoms with Crippen LogP contribution in [-0.2, 0) is 11.2 Å². The Morgan fingerprint density at radius 1 is 1.09 bits per heavy atom. The van der Waals surface area contributed by atoms with Gasteiger partial charge in [0, 0.05) is 43.7 Å². The summed E-state index contributed by atoms with van der Waals surface area (Å²) < 4.78 is 28.8. The first-order valence-corrected chi connectivity index (χ1v) is 10.6. The third-order valence-corrected chi connectivity index (χ3v) is 6.03. The van der Waals surface area contributed by atoms with Crippen molar-refractivity contribution < 1.29 is 23.1 Å². The molecular weight excluding hydrogens is 432 g/mol. The second-order valence-electron chi connectivity index (χ2n) is 8.18. The molecule has 0 radical (unpaired) electrons. The van der Waals surface area contributed by atoms with Gasteiger partial charge in [-0.1, -0.05) is 12.1 Å². The number of carbonyl (C=O) groups is 2. The van der Waals surface area contributed by atoms with Crippen molar-refractivity contribution in [2.24, 2.45) is 5.92 Å². The quantitative estimate of drug-likeness (QED) is 0.620. The predicted octanol–water partition coefficient (Wildman–Crippen LogP) is 2.99. The van der Waals surface area contributed by atoms with E-state index in [1.54, 1.807) is 35.2 Å². The standard InChI is InChI=1S/C23H21F2N5O3/c24-23(25)33-18-5-1-14(2-6-18)3-8-21(31)29-10-16-12-30(13-17(16)11-29)22(32)15-4-7-19-20(9-15)27-28-26-19/h1-2,4-7,9,12,17,23H,3,8,10-11,13H2,(H,26,27,28)/t17-/m1/s1. The summed E-state index contributed by atoms with van der Waals surface area (Å²) in [4.78, 5) is 29.1. The molecule has 1 fully saturated rings. The molecule has 1 N–H and O–H groups in total. The first-order valence-electron chi connectivity index (χ1n) is 10.6. The van der Waals surface area contributed by atoms with E-state index in [0.717, 1.165) is 11.1 Å². The van der Waals surface area contributed by atoms with E-state index < -0.39 is 6.61 Å². The van der Waals surface area contributed by atoms with Gasteiger partial charge in [-0.2, -0.15) is 24.2 Å². The molecule has 33 heavy (non-hydrogen) atoms. The average molecular weight is 453 g/mol. The Morgan fingerprint density at radius 3 is 2.64 bits per heavy atom. The van der Waals surface area contributed by atoms with E-state index in [1.807, 2.05) is 11.1 Å². The van der Waals surface area contributed by atoms with Crippen molar-refractivity contribution in [2.75, 3.05) is 19.6 Å². The van der Waals surface area contributed by atoms with Gasteiger partial charge in [-0.25, -0.2) is 0 Å². The van der Waals surface area contributed by atoms with Gasteiger partial charge < -0.3 is 14.5 Å². The highest BCUT2D eigenvalue weighted by atomic mass is 19.3. The van der Waals surface area contributed by atoms with Gasteiger partial charge in [0.25, 0.3) is 5.91 Å². The number of carbonyl (C=O) groups excluding carboxylic acids is 2. The zero-order valence-electron chi connectivity index (χ0n) is 17.6. The molecule has 2 aliphatic heterocycles. The summed E-state index contributed by atoms with van der Waals surface area (Å²) in [6.07, 6.45) is 2.70. The third kappa shape index (κ3) is 4.41. The lowest BCUT2D eigenvalue weighted by atomic mass is 10.1. The number of H-pyrrole nitrogens is 1. The number of halogens is 2. The second-order valence-corrected chi connectivity index (χ2v) is 8.18. The lowest BCUT2D eigenvalue weighted by Crippen LogP contribution is -2.33. The van der Waals surface area contributed by atoms with E-state index in [4.69, 9.17) is 0 Å². The van der Waals surface area contributed by atoms with Crippen LogP contribution in [0.2, 0.25) is 0 Å². The number of aryl methyl sites for hydroxylation is 1. The van der Waals surface area contributed by atoms with Crippen LogP contribution >= 0.6 is 0 Å². The summed E-state index contributed by atoms with van der Waals surface area (Å²) in [5.74, 6) is 0.172. The highest BCUT2D eigenvalue weighted by molar-refractivity contribution is 5.98. The molecule has 8 nitrogen and oxygen atoms in total. The molecule has 0 spiro atoms. The average Bonchev–Trinajstić information content (AvgIpc) is 3.51. The number of alkyl halides is 2. The van der Waals surface area contributed by atoms with Crippen molar-refractivity contribution in [3.8, 4) is 5.75 Å². The van der Waals surface area contributed by atoms with Crippen LogP contribution in [0.3, 0.4) is 0 Å². The van der Waals surface area contributed by atoms with E-state index in [1.165, 1.54) is 12.1 Å². The molecule has 2 aliphatic rings. The Kier molecular flexibility index (Phi) is 5.49. The van der Waals surface area contributed by atoms with E-state index in [9.17, 15) is 18.4 Å². The van der Waals surface area contributed by atoms with Gasteiger partial charge in [-0.3, -0.25) is 9.59 Å². The summed E-state index contributed by atoms with van der Waals surface area (Å²) in [5, 5.41) is 10.6. The number of aromatic amines is 1. The number of benzene rings is 2. The molecule has 0 saturated carbocycles. The number of nitrogens with one attached hydrogen (secondary N) is 1. The number of hydrogen-bond acceptors (Lipinski definition) is 5. The molecule has 1 atom stereocenters. The Bertz CT molecular complexity index is 1220. The fourth-order valence-corrected chi connectivity index (χ4v) is 4.33. The van der Waals surface area contributed by atoms with Crippen LogP contribution in [0.4, 0.5) is 8.78 Å². The summed E-state index contributed by atoms with van der Waals surface area (Å²) in [7, 11) is 0. The van der Waals surface area contributed by atoms with E-state index in [2.05, 4.69) is 20.1 Å². The Balaban J connectivity index is 1.16. The lowest BCUT2D eigenvalue weighted by Gasteiger charge is -2.20. The van der Waals surface area contributed by atoms with Crippen LogP contribution in [-0.4, -0.2) is 63.3 Å². The number of ether oxygens (including phenoxy) is 1. The smallest absolute Gasteiger partial charge is 0.387 e. The van der Waals surface area contributed by atoms with Crippen molar-refractivity contribution in [3.05, 3.63) is 65.4 Å². The van der Waals surface area contributed by atoms with Gasteiger partial charge in [0.2, 0.25) is 5.91 Å².